The van der Waals surface area contributed by atoms with Gasteiger partial charge in [-0.3, -0.25) is 4.90 Å². The Balaban J connectivity index is 1.73. The van der Waals surface area contributed by atoms with Crippen LogP contribution in [0.4, 0.5) is 4.39 Å². The minimum absolute atomic E-state index is 0.118. The molecule has 1 fully saturated rings. The van der Waals surface area contributed by atoms with Crippen LogP contribution in [0.2, 0.25) is 0 Å². The van der Waals surface area contributed by atoms with Gasteiger partial charge in [-0.1, -0.05) is 31.2 Å². The number of carbonyl (C=O) groups is 1. The van der Waals surface area contributed by atoms with Crippen molar-refractivity contribution < 1.29 is 19.4 Å². The number of likely N-dealkylation sites (tertiary alicyclic amines) is 1. The minimum Gasteiger partial charge on any atom is -0.478 e. The lowest BCUT2D eigenvalue weighted by Crippen LogP contribution is -2.51. The van der Waals surface area contributed by atoms with Gasteiger partial charge in [-0.15, -0.1) is 0 Å². The summed E-state index contributed by atoms with van der Waals surface area (Å²) in [6, 6.07) is -0.520. The molecule has 2 heterocycles. The summed E-state index contributed by atoms with van der Waals surface area (Å²) in [5, 5.41) is 20.3. The van der Waals surface area contributed by atoms with E-state index < -0.39 is 29.2 Å². The maximum Gasteiger partial charge on any atom is 0.336 e. The van der Waals surface area contributed by atoms with Crippen LogP contribution in [0, 0.1) is 11.8 Å². The number of halogens is 1. The van der Waals surface area contributed by atoms with Crippen LogP contribution < -0.4 is 5.73 Å². The first-order valence-corrected chi connectivity index (χ1v) is 10.4. The first-order valence-electron chi connectivity index (χ1n) is 10.4. The van der Waals surface area contributed by atoms with Crippen molar-refractivity contribution >= 4 is 5.97 Å². The molecule has 5 unspecified atom stereocenters. The van der Waals surface area contributed by atoms with E-state index in [0.717, 1.165) is 5.70 Å². The van der Waals surface area contributed by atoms with Crippen LogP contribution in [-0.4, -0.2) is 62.3 Å². The van der Waals surface area contributed by atoms with Gasteiger partial charge in [0.1, 0.15) is 11.9 Å². The van der Waals surface area contributed by atoms with E-state index in [2.05, 4.69) is 11.0 Å². The van der Waals surface area contributed by atoms with Gasteiger partial charge in [-0.2, -0.15) is 0 Å². The van der Waals surface area contributed by atoms with Crippen molar-refractivity contribution in [1.82, 2.24) is 9.80 Å². The molecule has 0 amide bonds. The lowest BCUT2D eigenvalue weighted by molar-refractivity contribution is -0.133. The second kappa shape index (κ2) is 6.90. The number of carboxylic acid groups (broad SMARTS) is 1. The van der Waals surface area contributed by atoms with Gasteiger partial charge in [0.15, 0.2) is 0 Å². The highest BCUT2D eigenvalue weighted by Gasteiger charge is 2.49. The summed E-state index contributed by atoms with van der Waals surface area (Å²) in [5.41, 5.74) is 6.57. The fourth-order valence-electron chi connectivity index (χ4n) is 5.22. The van der Waals surface area contributed by atoms with Crippen LogP contribution in [0.1, 0.15) is 27.7 Å². The second-order valence-corrected chi connectivity index (χ2v) is 9.83. The standard InChI is InChI=1S/C23H30FN3O3/c1-13-18-15(20(28)16(21(29)30)11-27(18)22(2,3)4)9-17(24)19(13)26-10-14-7-5-6-8-23(14,25)12-26/h5-9,11,13-14,19-20,28H,10,12,25H2,1-4H3,(H,29,30). The first-order chi connectivity index (χ1) is 13.9. The Morgan fingerprint density at radius 2 is 2.03 bits per heavy atom. The molecule has 0 aromatic carbocycles. The van der Waals surface area contributed by atoms with Crippen LogP contribution in [0.5, 0.6) is 0 Å². The van der Waals surface area contributed by atoms with E-state index in [0.29, 0.717) is 18.7 Å². The van der Waals surface area contributed by atoms with Crippen molar-refractivity contribution in [2.45, 2.75) is 50.9 Å². The maximum atomic E-state index is 15.5. The number of aliphatic carboxylic acids is 1. The fraction of sp³-hybridized carbons (Fsp3) is 0.522. The Labute approximate surface area is 176 Å². The smallest absolute Gasteiger partial charge is 0.336 e. The quantitative estimate of drug-likeness (QED) is 0.641. The second-order valence-electron chi connectivity index (χ2n) is 9.83. The summed E-state index contributed by atoms with van der Waals surface area (Å²) in [6.07, 6.45) is 9.45. The van der Waals surface area contributed by atoms with E-state index in [-0.39, 0.29) is 23.2 Å². The number of carboxylic acids is 1. The van der Waals surface area contributed by atoms with Crippen molar-refractivity contribution in [1.29, 1.82) is 0 Å². The van der Waals surface area contributed by atoms with Gasteiger partial charge in [-0.05, 0) is 26.8 Å². The molecule has 7 heteroatoms. The zero-order valence-electron chi connectivity index (χ0n) is 17.8. The van der Waals surface area contributed by atoms with Crippen LogP contribution in [-0.2, 0) is 4.79 Å². The van der Waals surface area contributed by atoms with Gasteiger partial charge >= 0.3 is 5.97 Å². The van der Waals surface area contributed by atoms with E-state index in [4.69, 9.17) is 5.73 Å². The molecule has 4 aliphatic rings. The van der Waals surface area contributed by atoms with Crippen LogP contribution in [0.15, 0.2) is 59.3 Å². The number of aliphatic hydroxyl groups is 1. The van der Waals surface area contributed by atoms with Crippen molar-refractivity contribution in [3.05, 3.63) is 59.3 Å². The molecule has 0 saturated carbocycles. The zero-order chi connectivity index (χ0) is 22.0. The third kappa shape index (κ3) is 3.16. The summed E-state index contributed by atoms with van der Waals surface area (Å²) in [5.74, 6) is -1.75. The van der Waals surface area contributed by atoms with E-state index in [1.54, 1.807) is 0 Å². The number of nitrogens with zero attached hydrogens (tertiary/aromatic N) is 2. The average Bonchev–Trinajstić information content (AvgIpc) is 2.97. The van der Waals surface area contributed by atoms with Crippen LogP contribution in [0.25, 0.3) is 0 Å². The third-order valence-corrected chi connectivity index (χ3v) is 6.72. The Morgan fingerprint density at radius 1 is 1.33 bits per heavy atom. The highest BCUT2D eigenvalue weighted by molar-refractivity contribution is 5.89. The number of nitrogens with two attached hydrogens (primary N) is 1. The molecule has 2 aliphatic heterocycles. The summed E-state index contributed by atoms with van der Waals surface area (Å²) in [4.78, 5) is 15.7. The Bertz CT molecular complexity index is 926. The minimum atomic E-state index is -1.36. The predicted molar refractivity (Wildman–Crippen MR) is 113 cm³/mol. The van der Waals surface area contributed by atoms with Crippen molar-refractivity contribution in [2.75, 3.05) is 13.1 Å². The summed E-state index contributed by atoms with van der Waals surface area (Å²) < 4.78 is 15.5. The molecule has 2 aliphatic carbocycles. The van der Waals surface area contributed by atoms with Gasteiger partial charge in [0.25, 0.3) is 0 Å². The molecule has 0 spiro atoms. The number of hydrogen-bond donors (Lipinski definition) is 3. The zero-order valence-corrected chi connectivity index (χ0v) is 17.8. The molecule has 1 saturated heterocycles. The molecule has 0 radical (unpaired) electrons. The van der Waals surface area contributed by atoms with Gasteiger partial charge in [-0.25, -0.2) is 9.18 Å². The van der Waals surface area contributed by atoms with Crippen molar-refractivity contribution in [3.8, 4) is 0 Å². The van der Waals surface area contributed by atoms with Crippen molar-refractivity contribution in [3.63, 3.8) is 0 Å². The maximum absolute atomic E-state index is 15.5. The Hall–Kier alpha value is -2.22. The highest BCUT2D eigenvalue weighted by atomic mass is 19.1. The number of fused-ring (bicyclic) bond motifs is 1. The van der Waals surface area contributed by atoms with Crippen molar-refractivity contribution in [2.24, 2.45) is 17.6 Å². The SMILES string of the molecule is CC1C2=C(C=C(F)C1N1CC3C=CC=CC3(N)C1)C(O)C(C(=O)O)=CN2C(C)(C)C. The molecule has 0 bridgehead atoms. The molecule has 0 aromatic rings. The summed E-state index contributed by atoms with van der Waals surface area (Å²) >= 11 is 0. The third-order valence-electron chi connectivity index (χ3n) is 6.72. The lowest BCUT2D eigenvalue weighted by atomic mass is 9.80. The lowest BCUT2D eigenvalue weighted by Gasteiger charge is -2.48. The molecule has 6 nitrogen and oxygen atoms in total. The van der Waals surface area contributed by atoms with E-state index in [1.807, 2.05) is 50.8 Å². The number of aliphatic hydroxyl groups excluding tert-OH is 1. The molecule has 0 aromatic heterocycles. The molecule has 162 valence electrons. The van der Waals surface area contributed by atoms with Gasteiger partial charge in [0.2, 0.25) is 0 Å². The first kappa shape index (κ1) is 21.0. The summed E-state index contributed by atoms with van der Waals surface area (Å²) in [6.45, 7) is 9.02. The van der Waals surface area contributed by atoms with E-state index in [1.165, 1.54) is 12.3 Å². The van der Waals surface area contributed by atoms with Gasteiger partial charge in [0, 0.05) is 47.9 Å². The largest absolute Gasteiger partial charge is 0.478 e. The highest BCUT2D eigenvalue weighted by Crippen LogP contribution is 2.45. The molecular weight excluding hydrogens is 385 g/mol. The van der Waals surface area contributed by atoms with Gasteiger partial charge in [0.05, 0.1) is 17.2 Å². The molecule has 5 atom stereocenters. The average molecular weight is 416 g/mol. The molecule has 30 heavy (non-hydrogen) atoms. The molecule has 4 rings (SSSR count). The molecular formula is C23H30FN3O3. The summed E-state index contributed by atoms with van der Waals surface area (Å²) in [7, 11) is 0. The topological polar surface area (TPSA) is 90.0 Å². The fourth-order valence-corrected chi connectivity index (χ4v) is 5.22. The number of rotatable bonds is 2. The number of allylic oxidation sites excluding steroid dienone is 2. The Morgan fingerprint density at radius 3 is 2.63 bits per heavy atom. The number of hydrogen-bond acceptors (Lipinski definition) is 5. The van der Waals surface area contributed by atoms with Gasteiger partial charge < -0.3 is 20.8 Å². The predicted octanol–water partition coefficient (Wildman–Crippen LogP) is 2.31. The Kier molecular flexibility index (Phi) is 4.84. The van der Waals surface area contributed by atoms with Crippen LogP contribution >= 0.6 is 0 Å². The van der Waals surface area contributed by atoms with E-state index in [9.17, 15) is 15.0 Å². The van der Waals surface area contributed by atoms with E-state index >= 15 is 4.39 Å². The van der Waals surface area contributed by atoms with Crippen LogP contribution in [0.3, 0.4) is 0 Å². The normalized spacial score (nSPS) is 36.4. The monoisotopic (exact) mass is 415 g/mol. The molecule has 4 N–H and O–H groups in total.